The Morgan fingerprint density at radius 1 is 1.45 bits per heavy atom. The van der Waals surface area contributed by atoms with Gasteiger partial charge in [-0.15, -0.1) is 0 Å². The van der Waals surface area contributed by atoms with Crippen molar-refractivity contribution < 1.29 is 18.3 Å². The van der Waals surface area contributed by atoms with E-state index in [1.807, 2.05) is 0 Å². The predicted molar refractivity (Wildman–Crippen MR) is 66.9 cm³/mol. The van der Waals surface area contributed by atoms with Gasteiger partial charge in [0.05, 0.1) is 6.20 Å². The summed E-state index contributed by atoms with van der Waals surface area (Å²) in [6.45, 7) is 0.0432. The second kappa shape index (κ2) is 6.14. The first kappa shape index (κ1) is 14.0. The number of carbonyl (C=O) groups excluding carboxylic acids is 1. The molecule has 1 heterocycles. The summed E-state index contributed by atoms with van der Waals surface area (Å²) in [6, 6.07) is 2.92. The minimum Gasteiger partial charge on any atom is -0.481 e. The maximum absolute atomic E-state index is 13.3. The first-order chi connectivity index (χ1) is 9.56. The van der Waals surface area contributed by atoms with E-state index >= 15 is 0 Å². The van der Waals surface area contributed by atoms with Crippen LogP contribution in [0.15, 0.2) is 30.6 Å². The molecule has 1 N–H and O–H groups in total. The fourth-order valence-electron chi connectivity index (χ4n) is 1.57. The highest BCUT2D eigenvalue weighted by Gasteiger charge is 2.12. The third-order valence-corrected chi connectivity index (χ3v) is 2.65. The second-order valence-electron chi connectivity index (χ2n) is 4.22. The number of hydrogen-bond donors (Lipinski definition) is 1. The number of hydrogen-bond acceptors (Lipinski definition) is 3. The van der Waals surface area contributed by atoms with Gasteiger partial charge in [0.1, 0.15) is 5.82 Å². The molecule has 106 valence electrons. The summed E-state index contributed by atoms with van der Waals surface area (Å²) in [4.78, 5) is 13.2. The van der Waals surface area contributed by atoms with Gasteiger partial charge in [0.25, 0.3) is 5.91 Å². The minimum absolute atomic E-state index is 0.156. The molecule has 0 bridgehead atoms. The summed E-state index contributed by atoms with van der Waals surface area (Å²) in [5, 5.41) is 6.41. The molecular weight excluding hydrogens is 268 g/mol. The van der Waals surface area contributed by atoms with Crippen LogP contribution >= 0.6 is 0 Å². The van der Waals surface area contributed by atoms with Crippen LogP contribution in [0.1, 0.15) is 5.56 Å². The topological polar surface area (TPSA) is 58.2 Å². The Bertz CT molecular complexity index is 587. The van der Waals surface area contributed by atoms with Crippen LogP contribution in [0.4, 0.5) is 8.78 Å². The maximum atomic E-state index is 13.3. The molecule has 1 aromatic heterocycles. The zero-order chi connectivity index (χ0) is 14.5. The van der Waals surface area contributed by atoms with Crippen LogP contribution in [0.25, 0.3) is 0 Å². The van der Waals surface area contributed by atoms with Crippen LogP contribution in [-0.2, 0) is 11.3 Å². The number of ether oxygens (including phenoxy) is 1. The molecule has 0 spiro atoms. The van der Waals surface area contributed by atoms with Gasteiger partial charge in [-0.1, -0.05) is 0 Å². The Labute approximate surface area is 114 Å². The fraction of sp³-hybridized carbons (Fsp3) is 0.231. The van der Waals surface area contributed by atoms with Crippen molar-refractivity contribution in [2.24, 2.45) is 0 Å². The van der Waals surface area contributed by atoms with Crippen LogP contribution in [0.5, 0.6) is 5.75 Å². The molecule has 2 rings (SSSR count). The number of rotatable bonds is 5. The van der Waals surface area contributed by atoms with Gasteiger partial charge >= 0.3 is 0 Å². The van der Waals surface area contributed by atoms with E-state index in [9.17, 15) is 13.6 Å². The van der Waals surface area contributed by atoms with Gasteiger partial charge in [-0.2, -0.15) is 5.10 Å². The zero-order valence-electron chi connectivity index (χ0n) is 10.8. The standard InChI is InChI=1S/C13H13F2N3O2/c1-18(7-9-5-16-17-6-9)13(19)8-20-12-3-2-10(14)4-11(12)15/h2-6H,7-8H2,1H3,(H,16,17). The number of aromatic amines is 1. The van der Waals surface area contributed by atoms with E-state index in [-0.39, 0.29) is 18.3 Å². The lowest BCUT2D eigenvalue weighted by molar-refractivity contribution is -0.132. The van der Waals surface area contributed by atoms with Crippen molar-refractivity contribution in [2.75, 3.05) is 13.7 Å². The Hall–Kier alpha value is -2.44. The summed E-state index contributed by atoms with van der Waals surface area (Å²) >= 11 is 0. The molecule has 7 heteroatoms. The lowest BCUT2D eigenvalue weighted by Crippen LogP contribution is -2.30. The predicted octanol–water partition coefficient (Wildman–Crippen LogP) is 1.73. The third-order valence-electron chi connectivity index (χ3n) is 2.65. The van der Waals surface area contributed by atoms with Gasteiger partial charge < -0.3 is 9.64 Å². The SMILES string of the molecule is CN(Cc1cn[nH]c1)C(=O)COc1ccc(F)cc1F. The monoisotopic (exact) mass is 281 g/mol. The van der Waals surface area contributed by atoms with Crippen molar-refractivity contribution >= 4 is 5.91 Å². The van der Waals surface area contributed by atoms with Crippen LogP contribution in [0, 0.1) is 11.6 Å². The van der Waals surface area contributed by atoms with E-state index in [0.717, 1.165) is 17.7 Å². The van der Waals surface area contributed by atoms with Crippen LogP contribution < -0.4 is 4.74 Å². The number of nitrogens with zero attached hydrogens (tertiary/aromatic N) is 2. The van der Waals surface area contributed by atoms with Crippen molar-refractivity contribution in [1.29, 1.82) is 0 Å². The number of carbonyl (C=O) groups is 1. The summed E-state index contributed by atoms with van der Waals surface area (Å²) in [7, 11) is 1.60. The van der Waals surface area contributed by atoms with E-state index in [1.54, 1.807) is 19.4 Å². The smallest absolute Gasteiger partial charge is 0.260 e. The van der Waals surface area contributed by atoms with Gasteiger partial charge in [0.2, 0.25) is 0 Å². The van der Waals surface area contributed by atoms with Crippen molar-refractivity contribution in [2.45, 2.75) is 6.54 Å². The lowest BCUT2D eigenvalue weighted by atomic mass is 10.3. The molecule has 0 saturated heterocycles. The molecule has 0 aliphatic rings. The molecule has 0 atom stereocenters. The van der Waals surface area contributed by atoms with Gasteiger partial charge in [-0.25, -0.2) is 8.78 Å². The molecule has 20 heavy (non-hydrogen) atoms. The number of halogens is 2. The highest BCUT2D eigenvalue weighted by atomic mass is 19.1. The van der Waals surface area contributed by atoms with E-state index < -0.39 is 11.6 Å². The van der Waals surface area contributed by atoms with Crippen molar-refractivity contribution in [3.05, 3.63) is 47.8 Å². The molecule has 2 aromatic rings. The molecule has 0 unspecified atom stereocenters. The first-order valence-corrected chi connectivity index (χ1v) is 5.85. The summed E-state index contributed by atoms with van der Waals surface area (Å²) in [5.41, 5.74) is 0.841. The number of benzene rings is 1. The zero-order valence-corrected chi connectivity index (χ0v) is 10.8. The molecular formula is C13H13F2N3O2. The molecule has 0 fully saturated rings. The Morgan fingerprint density at radius 2 is 2.25 bits per heavy atom. The average Bonchev–Trinajstić information content (AvgIpc) is 2.90. The third kappa shape index (κ3) is 3.53. The van der Waals surface area contributed by atoms with E-state index in [0.29, 0.717) is 12.6 Å². The van der Waals surface area contributed by atoms with Crippen LogP contribution in [-0.4, -0.2) is 34.7 Å². The fourth-order valence-corrected chi connectivity index (χ4v) is 1.57. The van der Waals surface area contributed by atoms with Crippen LogP contribution in [0.2, 0.25) is 0 Å². The number of amides is 1. The number of nitrogens with one attached hydrogen (secondary N) is 1. The highest BCUT2D eigenvalue weighted by Crippen LogP contribution is 2.17. The molecule has 0 saturated carbocycles. The second-order valence-corrected chi connectivity index (χ2v) is 4.22. The van der Waals surface area contributed by atoms with E-state index in [4.69, 9.17) is 4.74 Å². The molecule has 5 nitrogen and oxygen atoms in total. The summed E-state index contributed by atoms with van der Waals surface area (Å²) in [5.74, 6) is -2.01. The number of H-pyrrole nitrogens is 1. The van der Waals surface area contributed by atoms with E-state index in [1.165, 1.54) is 4.90 Å². The quantitative estimate of drug-likeness (QED) is 0.908. The summed E-state index contributed by atoms with van der Waals surface area (Å²) in [6.07, 6.45) is 3.27. The van der Waals surface area contributed by atoms with Crippen molar-refractivity contribution in [3.63, 3.8) is 0 Å². The minimum atomic E-state index is -0.838. The van der Waals surface area contributed by atoms with Crippen LogP contribution in [0.3, 0.4) is 0 Å². The van der Waals surface area contributed by atoms with Gasteiger partial charge in [-0.05, 0) is 12.1 Å². The van der Waals surface area contributed by atoms with Gasteiger partial charge in [0.15, 0.2) is 18.2 Å². The normalized spacial score (nSPS) is 10.3. The van der Waals surface area contributed by atoms with Crippen molar-refractivity contribution in [3.8, 4) is 5.75 Å². The van der Waals surface area contributed by atoms with E-state index in [2.05, 4.69) is 10.2 Å². The Morgan fingerprint density at radius 3 is 2.90 bits per heavy atom. The lowest BCUT2D eigenvalue weighted by Gasteiger charge is -2.16. The molecule has 0 aliphatic heterocycles. The largest absolute Gasteiger partial charge is 0.481 e. The van der Waals surface area contributed by atoms with Gasteiger partial charge in [0, 0.05) is 31.4 Å². The summed E-state index contributed by atoms with van der Waals surface area (Å²) < 4.78 is 31.0. The Balaban J connectivity index is 1.88. The number of aromatic nitrogens is 2. The molecule has 1 amide bonds. The maximum Gasteiger partial charge on any atom is 0.260 e. The molecule has 0 radical (unpaired) electrons. The first-order valence-electron chi connectivity index (χ1n) is 5.85. The van der Waals surface area contributed by atoms with Crippen molar-refractivity contribution in [1.82, 2.24) is 15.1 Å². The molecule has 0 aliphatic carbocycles. The average molecular weight is 281 g/mol. The molecule has 1 aromatic carbocycles. The van der Waals surface area contributed by atoms with Gasteiger partial charge in [-0.3, -0.25) is 9.89 Å². The Kier molecular flexibility index (Phi) is 4.29. The highest BCUT2D eigenvalue weighted by molar-refractivity contribution is 5.77. The number of likely N-dealkylation sites (N-methyl/N-ethyl adjacent to an activating group) is 1.